The van der Waals surface area contributed by atoms with E-state index in [4.69, 9.17) is 0 Å². The number of piperidine rings is 1. The van der Waals surface area contributed by atoms with Crippen LogP contribution >= 0.6 is 0 Å². The van der Waals surface area contributed by atoms with Crippen molar-refractivity contribution in [3.05, 3.63) is 90.1 Å². The van der Waals surface area contributed by atoms with E-state index in [0.717, 1.165) is 43.1 Å². The van der Waals surface area contributed by atoms with Crippen molar-refractivity contribution in [1.29, 1.82) is 0 Å². The summed E-state index contributed by atoms with van der Waals surface area (Å²) in [6, 6.07) is 24.6. The highest BCUT2D eigenvalue weighted by atomic mass is 16.2. The molecule has 0 radical (unpaired) electrons. The molecule has 0 saturated carbocycles. The molecular weight excluding hydrogens is 444 g/mol. The number of aromatic nitrogens is 1. The predicted octanol–water partition coefficient (Wildman–Crippen LogP) is 4.78. The monoisotopic (exact) mass is 482 g/mol. The van der Waals surface area contributed by atoms with Crippen LogP contribution in [0.4, 0.5) is 0 Å². The molecule has 0 bridgehead atoms. The van der Waals surface area contributed by atoms with Crippen LogP contribution in [-0.4, -0.2) is 59.5 Å². The third-order valence-electron chi connectivity index (χ3n) is 7.69. The molecule has 5 rings (SSSR count). The molecule has 1 aromatic heterocycles. The van der Waals surface area contributed by atoms with E-state index in [-0.39, 0.29) is 11.9 Å². The highest BCUT2D eigenvalue weighted by Crippen LogP contribution is 2.22. The van der Waals surface area contributed by atoms with Crippen LogP contribution in [0.25, 0.3) is 11.3 Å². The number of amides is 1. The number of hydrogen-bond acceptors (Lipinski definition) is 4. The Morgan fingerprint density at radius 3 is 2.28 bits per heavy atom. The molecule has 2 aromatic carbocycles. The summed E-state index contributed by atoms with van der Waals surface area (Å²) in [5, 5.41) is 3.60. The van der Waals surface area contributed by atoms with Crippen LogP contribution in [0.5, 0.6) is 0 Å². The first-order valence-electron chi connectivity index (χ1n) is 13.5. The third-order valence-corrected chi connectivity index (χ3v) is 7.69. The molecule has 36 heavy (non-hydrogen) atoms. The third kappa shape index (κ3) is 6.59. The number of rotatable bonds is 9. The van der Waals surface area contributed by atoms with Crippen LogP contribution in [0.2, 0.25) is 0 Å². The molecule has 0 spiro atoms. The minimum absolute atomic E-state index is 0.224. The van der Waals surface area contributed by atoms with E-state index < -0.39 is 0 Å². The van der Waals surface area contributed by atoms with Gasteiger partial charge >= 0.3 is 0 Å². The Kier molecular flexibility index (Phi) is 8.42. The van der Waals surface area contributed by atoms with Gasteiger partial charge in [0.15, 0.2) is 0 Å². The van der Waals surface area contributed by atoms with Crippen molar-refractivity contribution in [3.8, 4) is 11.3 Å². The van der Waals surface area contributed by atoms with E-state index in [0.29, 0.717) is 13.0 Å². The highest BCUT2D eigenvalue weighted by molar-refractivity contribution is 5.82. The number of benzene rings is 2. The van der Waals surface area contributed by atoms with Gasteiger partial charge in [-0.05, 0) is 74.4 Å². The largest absolute Gasteiger partial charge is 0.341 e. The van der Waals surface area contributed by atoms with E-state index >= 15 is 0 Å². The Balaban J connectivity index is 1.20. The lowest BCUT2D eigenvalue weighted by atomic mass is 9.95. The number of carbonyl (C=O) groups is 1. The Hall–Kier alpha value is -3.02. The molecule has 0 unspecified atom stereocenters. The van der Waals surface area contributed by atoms with Crippen LogP contribution in [0.1, 0.15) is 36.8 Å². The molecule has 188 valence electrons. The molecule has 2 saturated heterocycles. The smallest absolute Gasteiger partial charge is 0.240 e. The van der Waals surface area contributed by atoms with Crippen molar-refractivity contribution in [2.45, 2.75) is 44.7 Å². The second-order valence-electron chi connectivity index (χ2n) is 10.3. The van der Waals surface area contributed by atoms with Gasteiger partial charge in [0.1, 0.15) is 0 Å². The molecule has 2 fully saturated rings. The summed E-state index contributed by atoms with van der Waals surface area (Å²) >= 11 is 0. The van der Waals surface area contributed by atoms with Gasteiger partial charge in [0, 0.05) is 37.9 Å². The highest BCUT2D eigenvalue weighted by Gasteiger charge is 2.29. The zero-order chi connectivity index (χ0) is 24.6. The summed E-state index contributed by atoms with van der Waals surface area (Å²) in [6.07, 6.45) is 7.45. The van der Waals surface area contributed by atoms with Crippen LogP contribution in [0.3, 0.4) is 0 Å². The Morgan fingerprint density at radius 1 is 0.861 bits per heavy atom. The van der Waals surface area contributed by atoms with Crippen molar-refractivity contribution < 1.29 is 4.79 Å². The number of likely N-dealkylation sites (tertiary alicyclic amines) is 2. The van der Waals surface area contributed by atoms with Gasteiger partial charge in [-0.25, -0.2) is 0 Å². The molecule has 2 aliphatic rings. The maximum atomic E-state index is 13.7. The molecule has 3 heterocycles. The number of pyridine rings is 1. The fourth-order valence-electron chi connectivity index (χ4n) is 5.55. The fourth-order valence-corrected chi connectivity index (χ4v) is 5.55. The maximum absolute atomic E-state index is 13.7. The lowest BCUT2D eigenvalue weighted by molar-refractivity contribution is -0.135. The number of nitrogens with one attached hydrogen (secondary N) is 1. The Bertz CT molecular complexity index is 1070. The first-order valence-corrected chi connectivity index (χ1v) is 13.5. The van der Waals surface area contributed by atoms with Crippen LogP contribution in [-0.2, 0) is 17.8 Å². The lowest BCUT2D eigenvalue weighted by Gasteiger charge is -2.36. The van der Waals surface area contributed by atoms with Crippen LogP contribution in [0, 0.1) is 5.92 Å². The van der Waals surface area contributed by atoms with Gasteiger partial charge in [-0.15, -0.1) is 0 Å². The summed E-state index contributed by atoms with van der Waals surface area (Å²) in [4.78, 5) is 22.8. The summed E-state index contributed by atoms with van der Waals surface area (Å²) in [7, 11) is 0. The van der Waals surface area contributed by atoms with Crippen molar-refractivity contribution in [3.63, 3.8) is 0 Å². The lowest BCUT2D eigenvalue weighted by Crippen LogP contribution is -2.50. The summed E-state index contributed by atoms with van der Waals surface area (Å²) in [6.45, 7) is 6.14. The molecule has 5 nitrogen and oxygen atoms in total. The average molecular weight is 483 g/mol. The van der Waals surface area contributed by atoms with E-state index in [9.17, 15) is 4.79 Å². The van der Waals surface area contributed by atoms with Crippen molar-refractivity contribution in [1.82, 2.24) is 20.1 Å². The van der Waals surface area contributed by atoms with E-state index in [1.165, 1.54) is 43.6 Å². The van der Waals surface area contributed by atoms with Gasteiger partial charge in [-0.1, -0.05) is 60.7 Å². The Labute approximate surface area is 215 Å². The van der Waals surface area contributed by atoms with Crippen LogP contribution < -0.4 is 5.32 Å². The van der Waals surface area contributed by atoms with Gasteiger partial charge in [-0.2, -0.15) is 0 Å². The molecule has 2 aliphatic heterocycles. The first kappa shape index (κ1) is 24.7. The topological polar surface area (TPSA) is 48.5 Å². The maximum Gasteiger partial charge on any atom is 0.240 e. The number of carbonyl (C=O) groups excluding carboxylic acids is 1. The van der Waals surface area contributed by atoms with Crippen LogP contribution in [0.15, 0.2) is 79.0 Å². The molecule has 1 amide bonds. The normalized spacial score (nSPS) is 17.8. The quantitative estimate of drug-likeness (QED) is 0.477. The fraction of sp³-hybridized carbons (Fsp3) is 0.419. The summed E-state index contributed by atoms with van der Waals surface area (Å²) in [5.41, 5.74) is 4.44. The molecular formula is C31H38N4O. The minimum atomic E-state index is -0.224. The zero-order valence-corrected chi connectivity index (χ0v) is 21.2. The van der Waals surface area contributed by atoms with Gasteiger partial charge in [0.2, 0.25) is 5.91 Å². The minimum Gasteiger partial charge on any atom is -0.341 e. The number of hydrogen-bond donors (Lipinski definition) is 1. The van der Waals surface area contributed by atoms with Gasteiger partial charge in [0.25, 0.3) is 0 Å². The van der Waals surface area contributed by atoms with E-state index in [1.807, 2.05) is 30.5 Å². The van der Waals surface area contributed by atoms with Crippen molar-refractivity contribution >= 4 is 5.91 Å². The SMILES string of the molecule is O=C([C@H](Cc1ccccc1)NCc1ccc(-c2ccccn2)cc1)N1CCC(CN2CCCC2)CC1. The molecule has 0 aliphatic carbocycles. The van der Waals surface area contributed by atoms with E-state index in [1.54, 1.807) is 0 Å². The second-order valence-corrected chi connectivity index (χ2v) is 10.3. The summed E-state index contributed by atoms with van der Waals surface area (Å²) in [5.74, 6) is 0.967. The predicted molar refractivity (Wildman–Crippen MR) is 145 cm³/mol. The summed E-state index contributed by atoms with van der Waals surface area (Å²) < 4.78 is 0. The van der Waals surface area contributed by atoms with Gasteiger partial charge in [0.05, 0.1) is 11.7 Å². The molecule has 1 N–H and O–H groups in total. The standard InChI is InChI=1S/C31H38N4O/c36-31(35-20-15-27(16-21-35)24-34-18-6-7-19-34)30(22-25-8-2-1-3-9-25)33-23-26-11-13-28(14-12-26)29-10-4-5-17-32-29/h1-5,8-14,17,27,30,33H,6-7,15-16,18-24H2/t30-/m0/s1. The van der Waals surface area contributed by atoms with Gasteiger partial charge < -0.3 is 15.1 Å². The zero-order valence-electron chi connectivity index (χ0n) is 21.2. The number of nitrogens with zero attached hydrogens (tertiary/aromatic N) is 3. The first-order chi connectivity index (χ1) is 17.7. The molecule has 5 heteroatoms. The van der Waals surface area contributed by atoms with Crippen molar-refractivity contribution in [2.24, 2.45) is 5.92 Å². The molecule has 1 atom stereocenters. The van der Waals surface area contributed by atoms with Gasteiger partial charge in [-0.3, -0.25) is 9.78 Å². The van der Waals surface area contributed by atoms with E-state index in [2.05, 4.69) is 68.6 Å². The van der Waals surface area contributed by atoms with Crippen molar-refractivity contribution in [2.75, 3.05) is 32.7 Å². The Morgan fingerprint density at radius 2 is 1.58 bits per heavy atom. The average Bonchev–Trinajstić information content (AvgIpc) is 3.45. The molecule has 3 aromatic rings. The second kappa shape index (κ2) is 12.3.